The summed E-state index contributed by atoms with van der Waals surface area (Å²) in [6.07, 6.45) is 0. The number of aliphatic hydroxyl groups is 1. The minimum Gasteiger partial charge on any atom is -0.449 e. The summed E-state index contributed by atoms with van der Waals surface area (Å²) in [5, 5.41) is 9.27. The molecule has 0 heterocycles. The van der Waals surface area contributed by atoms with Gasteiger partial charge in [-0.05, 0) is 0 Å². The Kier molecular flexibility index (Phi) is 7.62. The molecular weight excluding hydrogens is 492 g/mol. The van der Waals surface area contributed by atoms with Gasteiger partial charge >= 0.3 is 0 Å². The van der Waals surface area contributed by atoms with Crippen molar-refractivity contribution in [3.63, 3.8) is 0 Å². The summed E-state index contributed by atoms with van der Waals surface area (Å²) in [5.41, 5.74) is -0.476. The summed E-state index contributed by atoms with van der Waals surface area (Å²) in [4.78, 5) is 0. The quantitative estimate of drug-likeness (QED) is 0.579. The van der Waals surface area contributed by atoms with Gasteiger partial charge in [-0.3, -0.25) is 0 Å². The predicted octanol–water partition coefficient (Wildman–Crippen LogP) is 1.54. The van der Waals surface area contributed by atoms with E-state index < -0.39 is 5.60 Å². The van der Waals surface area contributed by atoms with Crippen molar-refractivity contribution in [1.82, 2.24) is 0 Å². The molecule has 1 N–H and O–H groups in total. The van der Waals surface area contributed by atoms with Gasteiger partial charge in [0.25, 0.3) is 0 Å². The second-order valence-electron chi connectivity index (χ2n) is 2.40. The van der Waals surface area contributed by atoms with Gasteiger partial charge in [0.1, 0.15) is 0 Å². The standard InChI is InChI=1S/C9H10O.2W/c1-9(2,10)8-6-4-3-5-7-8;;/h3-7,10H,1-2H2;;/q-2;;. The Morgan fingerprint density at radius 3 is 1.67 bits per heavy atom. The maximum atomic E-state index is 9.27. The molecule has 0 bridgehead atoms. The van der Waals surface area contributed by atoms with Crippen LogP contribution in [0, 0.1) is 13.8 Å². The first-order valence-electron chi connectivity index (χ1n) is 3.09. The smallest absolute Gasteiger partial charge is 0 e. The first-order valence-corrected chi connectivity index (χ1v) is 3.09. The zero-order valence-corrected chi connectivity index (χ0v) is 12.4. The molecule has 1 rings (SSSR count). The summed E-state index contributed by atoms with van der Waals surface area (Å²) < 4.78 is 0. The zero-order chi connectivity index (χ0) is 7.61. The fraction of sp³-hybridized carbons (Fsp3) is 0.111. The van der Waals surface area contributed by atoms with Crippen molar-refractivity contribution in [2.45, 2.75) is 5.60 Å². The van der Waals surface area contributed by atoms with Gasteiger partial charge in [-0.15, -0.1) is 0 Å². The Morgan fingerprint density at radius 1 is 1.00 bits per heavy atom. The Balaban J connectivity index is 0. The minimum atomic E-state index is -1.21. The molecule has 3 heteroatoms. The largest absolute Gasteiger partial charge is 0.449 e. The van der Waals surface area contributed by atoms with Gasteiger partial charge in [-0.1, -0.05) is 35.9 Å². The fourth-order valence-electron chi connectivity index (χ4n) is 0.748. The van der Waals surface area contributed by atoms with Crippen LogP contribution in [0.1, 0.15) is 5.56 Å². The summed E-state index contributed by atoms with van der Waals surface area (Å²) in [6, 6.07) is 9.16. The molecule has 0 aliphatic heterocycles. The molecule has 0 aliphatic carbocycles. The second-order valence-corrected chi connectivity index (χ2v) is 2.40. The molecule has 1 aromatic rings. The summed E-state index contributed by atoms with van der Waals surface area (Å²) in [7, 11) is 0. The fourth-order valence-corrected chi connectivity index (χ4v) is 0.748. The van der Waals surface area contributed by atoms with E-state index in [1.165, 1.54) is 0 Å². The number of hydrogen-bond acceptors (Lipinski definition) is 1. The molecule has 0 saturated carbocycles. The Bertz CT molecular complexity index is 204. The van der Waals surface area contributed by atoms with Crippen LogP contribution in [0.3, 0.4) is 0 Å². The van der Waals surface area contributed by atoms with E-state index in [4.69, 9.17) is 0 Å². The topological polar surface area (TPSA) is 20.2 Å². The number of benzene rings is 1. The molecular formula is C9H10OW2-2. The molecule has 0 radical (unpaired) electrons. The normalized spacial score (nSPS) is 9.58. The van der Waals surface area contributed by atoms with E-state index in [-0.39, 0.29) is 42.1 Å². The van der Waals surface area contributed by atoms with Crippen molar-refractivity contribution in [3.05, 3.63) is 49.7 Å². The van der Waals surface area contributed by atoms with Crippen molar-refractivity contribution in [2.24, 2.45) is 0 Å². The van der Waals surface area contributed by atoms with E-state index in [2.05, 4.69) is 13.8 Å². The molecule has 0 aromatic heterocycles. The average molecular weight is 502 g/mol. The summed E-state index contributed by atoms with van der Waals surface area (Å²) in [5.74, 6) is 0. The minimum absolute atomic E-state index is 0. The zero-order valence-electron chi connectivity index (χ0n) is 6.56. The first kappa shape index (κ1) is 15.0. The molecule has 1 aromatic carbocycles. The van der Waals surface area contributed by atoms with Crippen LogP contribution in [0.25, 0.3) is 0 Å². The monoisotopic (exact) mass is 502 g/mol. The molecule has 0 unspecified atom stereocenters. The van der Waals surface area contributed by atoms with Crippen LogP contribution < -0.4 is 0 Å². The first-order chi connectivity index (χ1) is 4.61. The van der Waals surface area contributed by atoms with Crippen LogP contribution in [0.5, 0.6) is 0 Å². The third-order valence-corrected chi connectivity index (χ3v) is 1.31. The van der Waals surface area contributed by atoms with E-state index in [1.54, 1.807) is 12.1 Å². The van der Waals surface area contributed by atoms with E-state index in [0.717, 1.165) is 5.56 Å². The van der Waals surface area contributed by atoms with E-state index in [1.807, 2.05) is 18.2 Å². The van der Waals surface area contributed by atoms with Crippen molar-refractivity contribution >= 4 is 0 Å². The van der Waals surface area contributed by atoms with Gasteiger partial charge in [0.05, 0.1) is 0 Å². The molecule has 66 valence electrons. The molecule has 0 spiro atoms. The average Bonchev–Trinajstić information content (AvgIpc) is 1.88. The van der Waals surface area contributed by atoms with E-state index >= 15 is 0 Å². The van der Waals surface area contributed by atoms with Crippen molar-refractivity contribution in [3.8, 4) is 0 Å². The summed E-state index contributed by atoms with van der Waals surface area (Å²) >= 11 is 0. The summed E-state index contributed by atoms with van der Waals surface area (Å²) in [6.45, 7) is 6.97. The van der Waals surface area contributed by atoms with Gasteiger partial charge in [0.15, 0.2) is 0 Å². The number of hydrogen-bond donors (Lipinski definition) is 1. The van der Waals surface area contributed by atoms with Crippen molar-refractivity contribution in [2.75, 3.05) is 0 Å². The van der Waals surface area contributed by atoms with Crippen LogP contribution >= 0.6 is 0 Å². The molecule has 0 fully saturated rings. The molecule has 1 nitrogen and oxygen atoms in total. The predicted molar refractivity (Wildman–Crippen MR) is 41.1 cm³/mol. The Hall–Kier alpha value is 0.557. The third kappa shape index (κ3) is 4.55. The second kappa shape index (κ2) is 6.08. The maximum absolute atomic E-state index is 9.27. The van der Waals surface area contributed by atoms with Crippen molar-refractivity contribution in [1.29, 1.82) is 0 Å². The van der Waals surface area contributed by atoms with Gasteiger partial charge < -0.3 is 19.0 Å². The SMILES string of the molecule is [CH2-]C([CH2-])(O)c1ccccc1.[W].[W]. The van der Waals surface area contributed by atoms with Gasteiger partial charge in [-0.25, -0.2) is 0 Å². The third-order valence-electron chi connectivity index (χ3n) is 1.31. The molecule has 0 atom stereocenters. The van der Waals surface area contributed by atoms with Crippen LogP contribution in [-0.2, 0) is 47.7 Å². The molecule has 0 amide bonds. The van der Waals surface area contributed by atoms with E-state index in [9.17, 15) is 5.11 Å². The Morgan fingerprint density at radius 2 is 1.42 bits per heavy atom. The molecule has 0 saturated heterocycles. The molecule has 12 heavy (non-hydrogen) atoms. The maximum Gasteiger partial charge on any atom is 0 e. The van der Waals surface area contributed by atoms with Gasteiger partial charge in [-0.2, -0.15) is 5.60 Å². The molecule has 0 aliphatic rings. The van der Waals surface area contributed by atoms with Crippen LogP contribution in [0.4, 0.5) is 0 Å². The van der Waals surface area contributed by atoms with E-state index in [0.29, 0.717) is 0 Å². The van der Waals surface area contributed by atoms with Crippen LogP contribution in [0.2, 0.25) is 0 Å². The van der Waals surface area contributed by atoms with Gasteiger partial charge in [0, 0.05) is 42.1 Å². The van der Waals surface area contributed by atoms with Gasteiger partial charge in [0.2, 0.25) is 0 Å². The van der Waals surface area contributed by atoms with Crippen LogP contribution in [-0.4, -0.2) is 5.11 Å². The van der Waals surface area contributed by atoms with Crippen LogP contribution in [0.15, 0.2) is 30.3 Å². The number of rotatable bonds is 1. The van der Waals surface area contributed by atoms with Crippen molar-refractivity contribution < 1.29 is 47.2 Å². The Labute approximate surface area is 102 Å².